The maximum atomic E-state index is 10.6. The Balaban J connectivity index is 0. The molecular formula is C7H16N4O3S. The molecule has 8 heteroatoms. The van der Waals surface area contributed by atoms with Crippen LogP contribution in [0.5, 0.6) is 0 Å². The summed E-state index contributed by atoms with van der Waals surface area (Å²) in [6.45, 7) is 1.68. The van der Waals surface area contributed by atoms with Crippen LogP contribution in [-0.2, 0) is 9.59 Å². The zero-order chi connectivity index (χ0) is 12.4. The molecule has 15 heavy (non-hydrogen) atoms. The summed E-state index contributed by atoms with van der Waals surface area (Å²) in [6, 6.07) is -0.837. The Bertz CT molecular complexity index is 230. The van der Waals surface area contributed by atoms with E-state index in [0.717, 1.165) is 0 Å². The molecule has 88 valence electrons. The van der Waals surface area contributed by atoms with Crippen molar-refractivity contribution in [3.05, 3.63) is 0 Å². The average molecular weight is 236 g/mol. The van der Waals surface area contributed by atoms with Gasteiger partial charge in [-0.1, -0.05) is 12.2 Å². The molecule has 0 heterocycles. The third kappa shape index (κ3) is 15.5. The highest BCUT2D eigenvalue weighted by atomic mass is 32.1. The van der Waals surface area contributed by atoms with Crippen LogP contribution in [0.25, 0.3) is 0 Å². The molecule has 0 aliphatic heterocycles. The number of rotatable bonds is 4. The van der Waals surface area contributed by atoms with Crippen LogP contribution in [0.4, 0.5) is 0 Å². The summed E-state index contributed by atoms with van der Waals surface area (Å²) in [7, 11) is 0. The van der Waals surface area contributed by atoms with Crippen LogP contribution in [0, 0.1) is 0 Å². The number of carboxylic acids is 1. The highest BCUT2D eigenvalue weighted by molar-refractivity contribution is 7.80. The Morgan fingerprint density at radius 1 is 1.53 bits per heavy atom. The first-order valence-corrected chi connectivity index (χ1v) is 4.46. The summed E-state index contributed by atoms with van der Waals surface area (Å²) in [5.74, 6) is 3.22. The summed E-state index contributed by atoms with van der Waals surface area (Å²) in [5, 5.41) is 8.20. The van der Waals surface area contributed by atoms with E-state index in [2.05, 4.69) is 12.2 Å². The van der Waals surface area contributed by atoms with E-state index in [-0.39, 0.29) is 12.8 Å². The van der Waals surface area contributed by atoms with Gasteiger partial charge in [0.15, 0.2) is 0 Å². The first-order chi connectivity index (χ1) is 6.81. The van der Waals surface area contributed by atoms with Crippen LogP contribution in [0.2, 0.25) is 0 Å². The van der Waals surface area contributed by atoms with Crippen LogP contribution in [0.3, 0.4) is 0 Å². The summed E-state index contributed by atoms with van der Waals surface area (Å²) in [5.41, 5.74) is 11.9. The van der Waals surface area contributed by atoms with E-state index in [9.17, 15) is 9.59 Å². The lowest BCUT2D eigenvalue weighted by Crippen LogP contribution is -2.44. The van der Waals surface area contributed by atoms with E-state index >= 15 is 0 Å². The van der Waals surface area contributed by atoms with Crippen molar-refractivity contribution < 1.29 is 14.7 Å². The Morgan fingerprint density at radius 2 is 1.93 bits per heavy atom. The van der Waals surface area contributed by atoms with Gasteiger partial charge >= 0.3 is 5.97 Å². The zero-order valence-electron chi connectivity index (χ0n) is 8.40. The van der Waals surface area contributed by atoms with Crippen molar-refractivity contribution in [3.63, 3.8) is 0 Å². The van der Waals surface area contributed by atoms with Gasteiger partial charge in [-0.25, -0.2) is 5.84 Å². The van der Waals surface area contributed by atoms with Gasteiger partial charge in [0, 0.05) is 6.42 Å². The molecule has 0 saturated carbocycles. The van der Waals surface area contributed by atoms with Crippen molar-refractivity contribution in [2.45, 2.75) is 25.8 Å². The second-order valence-corrected chi connectivity index (χ2v) is 3.30. The predicted octanol–water partition coefficient (Wildman–Crippen LogP) is -1.54. The largest absolute Gasteiger partial charge is 0.481 e. The number of hydrogen-bond donors (Lipinski definition) is 5. The van der Waals surface area contributed by atoms with E-state index in [4.69, 9.17) is 22.4 Å². The van der Waals surface area contributed by atoms with Crippen LogP contribution in [-0.4, -0.2) is 28.0 Å². The lowest BCUT2D eigenvalue weighted by atomic mass is 10.1. The molecule has 0 aliphatic rings. The fraction of sp³-hybridized carbons (Fsp3) is 0.571. The SMILES string of the molecule is CC(N)=S.NNC(=O)[C@@H](N)CCC(=O)O. The van der Waals surface area contributed by atoms with Gasteiger partial charge in [0.1, 0.15) is 0 Å². The van der Waals surface area contributed by atoms with Crippen LogP contribution < -0.4 is 22.7 Å². The van der Waals surface area contributed by atoms with Crippen molar-refractivity contribution in [1.29, 1.82) is 0 Å². The predicted molar refractivity (Wildman–Crippen MR) is 59.6 cm³/mol. The maximum Gasteiger partial charge on any atom is 0.303 e. The van der Waals surface area contributed by atoms with E-state index in [0.29, 0.717) is 4.99 Å². The molecule has 7 nitrogen and oxygen atoms in total. The Kier molecular flexibility index (Phi) is 10.0. The number of carboxylic acid groups (broad SMARTS) is 1. The lowest BCUT2D eigenvalue weighted by molar-refractivity contribution is -0.137. The van der Waals surface area contributed by atoms with Gasteiger partial charge < -0.3 is 16.6 Å². The second kappa shape index (κ2) is 9.31. The van der Waals surface area contributed by atoms with Crippen molar-refractivity contribution in [1.82, 2.24) is 5.43 Å². The molecule has 0 radical (unpaired) electrons. The molecule has 0 aromatic carbocycles. The molecule has 1 atom stereocenters. The topological polar surface area (TPSA) is 144 Å². The number of carbonyl (C=O) groups is 2. The fourth-order valence-corrected chi connectivity index (χ4v) is 0.517. The van der Waals surface area contributed by atoms with E-state index in [1.807, 2.05) is 5.43 Å². The molecule has 0 aromatic rings. The third-order valence-corrected chi connectivity index (χ3v) is 1.15. The third-order valence-electron chi connectivity index (χ3n) is 1.15. The molecule has 0 spiro atoms. The minimum absolute atomic E-state index is 0.0956. The number of amides is 1. The quantitative estimate of drug-likeness (QED) is 0.172. The van der Waals surface area contributed by atoms with Gasteiger partial charge in [-0.15, -0.1) is 0 Å². The standard InChI is InChI=1S/C5H11N3O3.C2H5NS/c6-3(5(11)8-7)1-2-4(9)10;1-2(3)4/h3H,1-2,6-7H2,(H,8,11)(H,9,10);1H3,(H2,3,4)/t3-;/m0./s1. The van der Waals surface area contributed by atoms with Crippen LogP contribution in [0.15, 0.2) is 0 Å². The number of hydrogen-bond acceptors (Lipinski definition) is 5. The smallest absolute Gasteiger partial charge is 0.303 e. The molecule has 0 rings (SSSR count). The molecule has 0 bridgehead atoms. The van der Waals surface area contributed by atoms with E-state index in [1.165, 1.54) is 0 Å². The van der Waals surface area contributed by atoms with Gasteiger partial charge in [-0.05, 0) is 13.3 Å². The number of aliphatic carboxylic acids is 1. The van der Waals surface area contributed by atoms with Crippen LogP contribution in [0.1, 0.15) is 19.8 Å². The van der Waals surface area contributed by atoms with Crippen LogP contribution >= 0.6 is 12.2 Å². The molecule has 0 saturated heterocycles. The summed E-state index contributed by atoms with van der Waals surface area (Å²) < 4.78 is 0. The minimum Gasteiger partial charge on any atom is -0.481 e. The molecule has 0 aromatic heterocycles. The monoisotopic (exact) mass is 236 g/mol. The van der Waals surface area contributed by atoms with Crippen molar-refractivity contribution in [2.75, 3.05) is 0 Å². The molecule has 0 unspecified atom stereocenters. The number of thiocarbonyl (C=S) groups is 1. The van der Waals surface area contributed by atoms with Crippen molar-refractivity contribution >= 4 is 29.1 Å². The van der Waals surface area contributed by atoms with Gasteiger partial charge in [-0.2, -0.15) is 0 Å². The van der Waals surface area contributed by atoms with E-state index in [1.54, 1.807) is 6.92 Å². The average Bonchev–Trinajstić information content (AvgIpc) is 2.11. The van der Waals surface area contributed by atoms with Gasteiger partial charge in [-0.3, -0.25) is 15.0 Å². The Morgan fingerprint density at radius 3 is 2.20 bits per heavy atom. The fourth-order valence-electron chi connectivity index (χ4n) is 0.517. The Hall–Kier alpha value is -1.25. The molecule has 8 N–H and O–H groups in total. The minimum atomic E-state index is -0.981. The van der Waals surface area contributed by atoms with Gasteiger partial charge in [0.2, 0.25) is 0 Å². The normalized spacial score (nSPS) is 10.6. The zero-order valence-corrected chi connectivity index (χ0v) is 9.21. The second-order valence-electron chi connectivity index (χ2n) is 2.66. The summed E-state index contributed by atoms with van der Waals surface area (Å²) in [4.78, 5) is 21.1. The van der Waals surface area contributed by atoms with Gasteiger partial charge in [0.25, 0.3) is 5.91 Å². The highest BCUT2D eigenvalue weighted by Crippen LogP contribution is 1.93. The molecular weight excluding hydrogens is 220 g/mol. The molecule has 0 fully saturated rings. The number of hydrazine groups is 1. The summed E-state index contributed by atoms with van der Waals surface area (Å²) in [6.07, 6.45) is -0.0348. The maximum absolute atomic E-state index is 10.6. The van der Waals surface area contributed by atoms with Gasteiger partial charge in [0.05, 0.1) is 11.0 Å². The first kappa shape index (κ1) is 16.2. The number of nitrogens with one attached hydrogen (secondary N) is 1. The first-order valence-electron chi connectivity index (χ1n) is 4.05. The lowest BCUT2D eigenvalue weighted by Gasteiger charge is -2.06. The summed E-state index contributed by atoms with van der Waals surface area (Å²) >= 11 is 4.31. The van der Waals surface area contributed by atoms with Crippen molar-refractivity contribution in [3.8, 4) is 0 Å². The highest BCUT2D eigenvalue weighted by Gasteiger charge is 2.12. The number of nitrogens with two attached hydrogens (primary N) is 3. The Labute approximate surface area is 93.0 Å². The van der Waals surface area contributed by atoms with E-state index < -0.39 is 17.9 Å². The molecule has 1 amide bonds. The van der Waals surface area contributed by atoms with Crippen molar-refractivity contribution in [2.24, 2.45) is 17.3 Å². The number of carbonyl (C=O) groups excluding carboxylic acids is 1. The molecule has 0 aliphatic carbocycles.